The molecule has 0 saturated heterocycles. The van der Waals surface area contributed by atoms with E-state index in [4.69, 9.17) is 9.47 Å². The first-order valence-corrected chi connectivity index (χ1v) is 6.31. The maximum atomic E-state index is 12.3. The Labute approximate surface area is 114 Å². The van der Waals surface area contributed by atoms with E-state index in [9.17, 15) is 4.79 Å². The van der Waals surface area contributed by atoms with Gasteiger partial charge < -0.3 is 19.7 Å². The number of nitrogens with zero attached hydrogens (tertiary/aromatic N) is 1. The van der Waals surface area contributed by atoms with Crippen LogP contribution in [0.5, 0.6) is 5.75 Å². The molecule has 1 rings (SSSR count). The van der Waals surface area contributed by atoms with E-state index in [0.29, 0.717) is 31.1 Å². The zero-order valence-corrected chi connectivity index (χ0v) is 11.8. The highest BCUT2D eigenvalue weighted by molar-refractivity contribution is 5.96. The zero-order chi connectivity index (χ0) is 14.1. The molecule has 0 bridgehead atoms. The van der Waals surface area contributed by atoms with Crippen LogP contribution in [-0.2, 0) is 4.74 Å². The maximum absolute atomic E-state index is 12.3. The molecule has 1 amide bonds. The molecule has 5 nitrogen and oxygen atoms in total. The van der Waals surface area contributed by atoms with Crippen molar-refractivity contribution < 1.29 is 14.3 Å². The predicted octanol–water partition coefficient (Wildman–Crippen LogP) is 1.00. The van der Waals surface area contributed by atoms with Crippen LogP contribution in [0.25, 0.3) is 0 Å². The number of hydrogen-bond acceptors (Lipinski definition) is 4. The highest BCUT2D eigenvalue weighted by atomic mass is 16.5. The largest absolute Gasteiger partial charge is 0.490 e. The molecule has 0 aromatic heterocycles. The molecule has 5 heteroatoms. The lowest BCUT2D eigenvalue weighted by Crippen LogP contribution is -2.33. The van der Waals surface area contributed by atoms with Crippen LogP contribution >= 0.6 is 0 Å². The minimum Gasteiger partial charge on any atom is -0.490 e. The van der Waals surface area contributed by atoms with E-state index in [1.807, 2.05) is 19.2 Å². The molecule has 0 spiro atoms. The van der Waals surface area contributed by atoms with Crippen LogP contribution in [0.2, 0.25) is 0 Å². The fourth-order valence-corrected chi connectivity index (χ4v) is 1.59. The van der Waals surface area contributed by atoms with Gasteiger partial charge >= 0.3 is 0 Å². The Balaban J connectivity index is 2.72. The van der Waals surface area contributed by atoms with Crippen molar-refractivity contribution in [1.29, 1.82) is 0 Å². The van der Waals surface area contributed by atoms with Gasteiger partial charge in [-0.2, -0.15) is 0 Å². The van der Waals surface area contributed by atoms with E-state index in [1.54, 1.807) is 31.2 Å². The number of rotatable bonds is 8. The summed E-state index contributed by atoms with van der Waals surface area (Å²) in [5.41, 5.74) is 0.581. The second kappa shape index (κ2) is 8.50. The molecule has 1 aromatic carbocycles. The molecule has 1 N–H and O–H groups in total. The molecule has 0 atom stereocenters. The van der Waals surface area contributed by atoms with Gasteiger partial charge in [-0.1, -0.05) is 12.1 Å². The first kappa shape index (κ1) is 15.5. The zero-order valence-electron chi connectivity index (χ0n) is 11.8. The maximum Gasteiger partial charge on any atom is 0.257 e. The Kier molecular flexibility index (Phi) is 6.92. The Hall–Kier alpha value is -1.59. The van der Waals surface area contributed by atoms with Crippen LogP contribution in [-0.4, -0.2) is 58.3 Å². The van der Waals surface area contributed by atoms with Crippen LogP contribution in [0, 0.1) is 0 Å². The molecular weight excluding hydrogens is 244 g/mol. The second-order valence-electron chi connectivity index (χ2n) is 4.17. The molecule has 0 heterocycles. The quantitative estimate of drug-likeness (QED) is 0.713. The average molecular weight is 266 g/mol. The summed E-state index contributed by atoms with van der Waals surface area (Å²) >= 11 is 0. The van der Waals surface area contributed by atoms with Crippen LogP contribution in [0.4, 0.5) is 0 Å². The molecule has 106 valence electrons. The lowest BCUT2D eigenvalue weighted by Gasteiger charge is -2.19. The predicted molar refractivity (Wildman–Crippen MR) is 74.7 cm³/mol. The van der Waals surface area contributed by atoms with Gasteiger partial charge in [0.25, 0.3) is 5.91 Å². The molecule has 19 heavy (non-hydrogen) atoms. The van der Waals surface area contributed by atoms with Crippen molar-refractivity contribution in [2.75, 3.05) is 47.5 Å². The van der Waals surface area contributed by atoms with Crippen LogP contribution in [0.15, 0.2) is 24.3 Å². The molecule has 0 aliphatic rings. The van der Waals surface area contributed by atoms with E-state index in [0.717, 1.165) is 6.54 Å². The van der Waals surface area contributed by atoms with Gasteiger partial charge in [-0.05, 0) is 19.2 Å². The highest BCUT2D eigenvalue weighted by Crippen LogP contribution is 2.19. The number of nitrogens with one attached hydrogen (secondary N) is 1. The summed E-state index contributed by atoms with van der Waals surface area (Å²) in [4.78, 5) is 14.0. The van der Waals surface area contributed by atoms with Crippen LogP contribution in [0.3, 0.4) is 0 Å². The van der Waals surface area contributed by atoms with Gasteiger partial charge in [0.2, 0.25) is 0 Å². The minimum absolute atomic E-state index is 0.0386. The van der Waals surface area contributed by atoms with Gasteiger partial charge in [0.1, 0.15) is 12.4 Å². The van der Waals surface area contributed by atoms with Crippen molar-refractivity contribution >= 4 is 5.91 Å². The number of ether oxygens (including phenoxy) is 2. The fraction of sp³-hybridized carbons (Fsp3) is 0.500. The SMILES string of the molecule is CNCCN(C)C(=O)c1ccccc1OCCOC. The summed E-state index contributed by atoms with van der Waals surface area (Å²) in [6.07, 6.45) is 0. The fourth-order valence-electron chi connectivity index (χ4n) is 1.59. The van der Waals surface area contributed by atoms with E-state index in [-0.39, 0.29) is 5.91 Å². The molecule has 0 saturated carbocycles. The lowest BCUT2D eigenvalue weighted by atomic mass is 10.2. The van der Waals surface area contributed by atoms with Crippen LogP contribution < -0.4 is 10.1 Å². The number of likely N-dealkylation sites (N-methyl/N-ethyl adjacent to an activating group) is 2. The molecule has 0 unspecified atom stereocenters. The van der Waals surface area contributed by atoms with Crippen molar-refractivity contribution in [3.63, 3.8) is 0 Å². The number of para-hydroxylation sites is 1. The van der Waals surface area contributed by atoms with E-state index in [1.165, 1.54) is 0 Å². The summed E-state index contributed by atoms with van der Waals surface area (Å²) in [6, 6.07) is 7.27. The number of benzene rings is 1. The van der Waals surface area contributed by atoms with E-state index < -0.39 is 0 Å². The monoisotopic (exact) mass is 266 g/mol. The van der Waals surface area contributed by atoms with E-state index >= 15 is 0 Å². The Bertz CT molecular complexity index is 396. The molecule has 1 aromatic rings. The average Bonchev–Trinajstić information content (AvgIpc) is 2.44. The topological polar surface area (TPSA) is 50.8 Å². The van der Waals surface area contributed by atoms with Crippen LogP contribution in [0.1, 0.15) is 10.4 Å². The first-order chi connectivity index (χ1) is 9.20. The Morgan fingerprint density at radius 1 is 1.32 bits per heavy atom. The number of carbonyl (C=O) groups excluding carboxylic acids is 1. The Morgan fingerprint density at radius 2 is 2.05 bits per heavy atom. The number of carbonyl (C=O) groups is 1. The summed E-state index contributed by atoms with van der Waals surface area (Å²) in [5, 5.41) is 3.02. The highest BCUT2D eigenvalue weighted by Gasteiger charge is 2.15. The first-order valence-electron chi connectivity index (χ1n) is 6.31. The molecule has 0 aliphatic heterocycles. The van der Waals surface area contributed by atoms with Gasteiger partial charge in [0.05, 0.1) is 12.2 Å². The standard InChI is InChI=1S/C14H22N2O3/c1-15-8-9-16(2)14(17)12-6-4-5-7-13(12)19-11-10-18-3/h4-7,15H,8-11H2,1-3H3. The number of hydrogen-bond donors (Lipinski definition) is 1. The van der Waals surface area contributed by atoms with Crippen molar-refractivity contribution in [3.8, 4) is 5.75 Å². The van der Waals surface area contributed by atoms with Gasteiger partial charge in [-0.3, -0.25) is 4.79 Å². The minimum atomic E-state index is -0.0386. The summed E-state index contributed by atoms with van der Waals surface area (Å²) < 4.78 is 10.5. The van der Waals surface area contributed by atoms with Gasteiger partial charge in [0.15, 0.2) is 0 Å². The third-order valence-electron chi connectivity index (χ3n) is 2.71. The lowest BCUT2D eigenvalue weighted by molar-refractivity contribution is 0.0789. The van der Waals surface area contributed by atoms with Gasteiger partial charge in [-0.25, -0.2) is 0 Å². The van der Waals surface area contributed by atoms with Crippen molar-refractivity contribution in [3.05, 3.63) is 29.8 Å². The van der Waals surface area contributed by atoms with Gasteiger partial charge in [0, 0.05) is 27.2 Å². The molecule has 0 aliphatic carbocycles. The van der Waals surface area contributed by atoms with Crippen molar-refractivity contribution in [2.24, 2.45) is 0 Å². The third kappa shape index (κ3) is 4.89. The Morgan fingerprint density at radius 3 is 2.74 bits per heavy atom. The third-order valence-corrected chi connectivity index (χ3v) is 2.71. The summed E-state index contributed by atoms with van der Waals surface area (Å²) in [6.45, 7) is 2.34. The molecular formula is C14H22N2O3. The van der Waals surface area contributed by atoms with E-state index in [2.05, 4.69) is 5.32 Å². The smallest absolute Gasteiger partial charge is 0.257 e. The van der Waals surface area contributed by atoms with Crippen molar-refractivity contribution in [2.45, 2.75) is 0 Å². The second-order valence-corrected chi connectivity index (χ2v) is 4.17. The van der Waals surface area contributed by atoms with Gasteiger partial charge in [-0.15, -0.1) is 0 Å². The molecule has 0 fully saturated rings. The normalized spacial score (nSPS) is 10.3. The molecule has 0 radical (unpaired) electrons. The summed E-state index contributed by atoms with van der Waals surface area (Å²) in [5.74, 6) is 0.559. The van der Waals surface area contributed by atoms with Crippen molar-refractivity contribution in [1.82, 2.24) is 10.2 Å². The number of methoxy groups -OCH3 is 1. The summed E-state index contributed by atoms with van der Waals surface area (Å²) in [7, 11) is 5.26. The number of amides is 1.